The van der Waals surface area contributed by atoms with Crippen LogP contribution >= 0.6 is 0 Å². The van der Waals surface area contributed by atoms with Gasteiger partial charge in [-0.3, -0.25) is 4.79 Å². The van der Waals surface area contributed by atoms with Crippen LogP contribution in [-0.2, 0) is 9.47 Å². The van der Waals surface area contributed by atoms with E-state index in [0.717, 1.165) is 44.9 Å². The Morgan fingerprint density at radius 1 is 0.585 bits per heavy atom. The molecule has 10 nitrogen and oxygen atoms in total. The molecule has 1 aliphatic heterocycles. The van der Waals surface area contributed by atoms with Gasteiger partial charge in [-0.15, -0.1) is 0 Å². The zero-order chi connectivity index (χ0) is 38.4. The number of aliphatic hydroxyl groups excluding tert-OH is 4. The Bertz CT molecular complexity index is 981. The summed E-state index contributed by atoms with van der Waals surface area (Å²) in [6.45, 7) is 6.10. The second-order valence-electron chi connectivity index (χ2n) is 15.0. The SMILES string of the molecule is CCCCCCCCCCCCOc1cc(OCCCCCCCCCCCC)cc(C(=O)NCCCCCCO[C@@H]2O[C@H](CO)[C@H](O)[C@H](O)[C@H]2O)c1. The van der Waals surface area contributed by atoms with Crippen molar-refractivity contribution in [3.05, 3.63) is 23.8 Å². The number of hydrogen-bond acceptors (Lipinski definition) is 9. The van der Waals surface area contributed by atoms with E-state index in [9.17, 15) is 25.2 Å². The molecule has 2 rings (SSSR count). The molecule has 1 saturated heterocycles. The lowest BCUT2D eigenvalue weighted by atomic mass is 9.99. The molecule has 308 valence electrons. The maximum absolute atomic E-state index is 13.2. The number of carbonyl (C=O) groups excluding carboxylic acids is 1. The van der Waals surface area contributed by atoms with Gasteiger partial charge < -0.3 is 44.7 Å². The number of ether oxygens (including phenoxy) is 4. The number of amides is 1. The molecule has 1 aromatic rings. The normalized spacial score (nSPS) is 20.1. The summed E-state index contributed by atoms with van der Waals surface area (Å²) < 4.78 is 23.2. The zero-order valence-electron chi connectivity index (χ0n) is 33.5. The van der Waals surface area contributed by atoms with E-state index in [4.69, 9.17) is 18.9 Å². The van der Waals surface area contributed by atoms with Crippen molar-refractivity contribution in [3.63, 3.8) is 0 Å². The molecule has 10 heteroatoms. The topological polar surface area (TPSA) is 147 Å². The minimum Gasteiger partial charge on any atom is -0.493 e. The van der Waals surface area contributed by atoms with Crippen LogP contribution in [0.3, 0.4) is 0 Å². The monoisotopic (exact) mass is 752 g/mol. The summed E-state index contributed by atoms with van der Waals surface area (Å²) >= 11 is 0. The van der Waals surface area contributed by atoms with Crippen molar-refractivity contribution >= 4 is 5.91 Å². The van der Waals surface area contributed by atoms with E-state index in [0.29, 0.717) is 49.8 Å². The summed E-state index contributed by atoms with van der Waals surface area (Å²) in [6, 6.07) is 5.54. The van der Waals surface area contributed by atoms with Gasteiger partial charge in [0, 0.05) is 24.8 Å². The first-order valence-corrected chi connectivity index (χ1v) is 21.5. The van der Waals surface area contributed by atoms with E-state index < -0.39 is 37.3 Å². The maximum Gasteiger partial charge on any atom is 0.251 e. The fourth-order valence-corrected chi connectivity index (χ4v) is 6.72. The van der Waals surface area contributed by atoms with Crippen LogP contribution in [0.4, 0.5) is 0 Å². The molecule has 0 aromatic heterocycles. The highest BCUT2D eigenvalue weighted by molar-refractivity contribution is 5.95. The van der Waals surface area contributed by atoms with E-state index >= 15 is 0 Å². The molecule has 1 heterocycles. The predicted molar refractivity (Wildman–Crippen MR) is 212 cm³/mol. The quantitative estimate of drug-likeness (QED) is 0.0438. The Morgan fingerprint density at radius 3 is 1.49 bits per heavy atom. The molecule has 1 amide bonds. The number of rotatable bonds is 34. The smallest absolute Gasteiger partial charge is 0.251 e. The lowest BCUT2D eigenvalue weighted by Crippen LogP contribution is -2.59. The van der Waals surface area contributed by atoms with Gasteiger partial charge in [-0.05, 0) is 37.8 Å². The predicted octanol–water partition coefficient (Wildman–Crippen LogP) is 8.39. The summed E-state index contributed by atoms with van der Waals surface area (Å²) in [7, 11) is 0. The van der Waals surface area contributed by atoms with Crippen LogP contribution < -0.4 is 14.8 Å². The van der Waals surface area contributed by atoms with Crippen molar-refractivity contribution < 1.29 is 44.2 Å². The minimum absolute atomic E-state index is 0.149. The Morgan fingerprint density at radius 2 is 1.02 bits per heavy atom. The third kappa shape index (κ3) is 21.7. The molecule has 1 fully saturated rings. The van der Waals surface area contributed by atoms with E-state index in [2.05, 4.69) is 19.2 Å². The van der Waals surface area contributed by atoms with Crippen molar-refractivity contribution in [2.45, 2.75) is 199 Å². The number of hydrogen-bond donors (Lipinski definition) is 5. The van der Waals surface area contributed by atoms with Gasteiger partial charge in [-0.2, -0.15) is 0 Å². The van der Waals surface area contributed by atoms with Gasteiger partial charge in [0.05, 0.1) is 19.8 Å². The van der Waals surface area contributed by atoms with Gasteiger partial charge in [0.2, 0.25) is 0 Å². The number of carbonyl (C=O) groups is 1. The van der Waals surface area contributed by atoms with Crippen LogP contribution in [-0.4, -0.2) is 90.0 Å². The van der Waals surface area contributed by atoms with Gasteiger partial charge in [0.1, 0.15) is 35.9 Å². The van der Waals surface area contributed by atoms with Gasteiger partial charge in [-0.1, -0.05) is 142 Å². The van der Waals surface area contributed by atoms with Crippen LogP contribution in [0, 0.1) is 0 Å². The number of nitrogens with one attached hydrogen (secondary N) is 1. The first-order chi connectivity index (χ1) is 25.9. The fraction of sp³-hybridized carbons (Fsp3) is 0.837. The summed E-state index contributed by atoms with van der Waals surface area (Å²) in [5.41, 5.74) is 0.538. The minimum atomic E-state index is -1.45. The van der Waals surface area contributed by atoms with Gasteiger partial charge in [0.25, 0.3) is 5.91 Å². The van der Waals surface area contributed by atoms with Crippen LogP contribution in [0.25, 0.3) is 0 Å². The van der Waals surface area contributed by atoms with Crippen molar-refractivity contribution in [3.8, 4) is 11.5 Å². The van der Waals surface area contributed by atoms with Crippen LogP contribution in [0.5, 0.6) is 11.5 Å². The average molecular weight is 752 g/mol. The first-order valence-electron chi connectivity index (χ1n) is 21.5. The maximum atomic E-state index is 13.2. The molecule has 0 aliphatic carbocycles. The average Bonchev–Trinajstić information content (AvgIpc) is 3.16. The summed E-state index contributed by atoms with van der Waals surface area (Å²) in [4.78, 5) is 13.2. The molecule has 1 aliphatic rings. The van der Waals surface area contributed by atoms with E-state index in [1.807, 2.05) is 18.2 Å². The van der Waals surface area contributed by atoms with E-state index in [-0.39, 0.29) is 5.91 Å². The van der Waals surface area contributed by atoms with Crippen molar-refractivity contribution in [2.75, 3.05) is 33.0 Å². The highest BCUT2D eigenvalue weighted by atomic mass is 16.7. The molecule has 0 bridgehead atoms. The van der Waals surface area contributed by atoms with Gasteiger partial charge in [0.15, 0.2) is 6.29 Å². The molecule has 5 atom stereocenters. The van der Waals surface area contributed by atoms with Crippen LogP contribution in [0.1, 0.15) is 178 Å². The summed E-state index contributed by atoms with van der Waals surface area (Å²) in [6.07, 6.45) is 22.3. The molecule has 0 saturated carbocycles. The highest BCUT2D eigenvalue weighted by Crippen LogP contribution is 2.25. The summed E-state index contributed by atoms with van der Waals surface area (Å²) in [5, 5.41) is 42.3. The zero-order valence-corrected chi connectivity index (χ0v) is 33.5. The van der Waals surface area contributed by atoms with Crippen molar-refractivity contribution in [2.24, 2.45) is 0 Å². The number of aliphatic hydroxyl groups is 4. The molecular weight excluding hydrogens is 674 g/mol. The largest absolute Gasteiger partial charge is 0.493 e. The van der Waals surface area contributed by atoms with Crippen LogP contribution in [0.2, 0.25) is 0 Å². The standard InChI is InChI=1S/C43H77NO9/c1-3-5-7-9-11-13-15-17-20-24-28-50-36-31-35(32-37(33-36)51-29-25-21-18-16-14-12-10-8-6-4-2)42(49)44-27-23-19-22-26-30-52-43-41(48)40(47)39(46)38(34-45)53-43/h31-33,38-41,43,45-48H,3-30,34H2,1-2H3,(H,44,49)/t38-,39+,40+,41-,43-/m1/s1. The lowest BCUT2D eigenvalue weighted by Gasteiger charge is -2.39. The van der Waals surface area contributed by atoms with E-state index in [1.165, 1.54) is 103 Å². The van der Waals surface area contributed by atoms with Gasteiger partial charge >= 0.3 is 0 Å². The molecule has 0 unspecified atom stereocenters. The molecule has 5 N–H and O–H groups in total. The Labute approximate surface area is 321 Å². The number of benzene rings is 1. The fourth-order valence-electron chi connectivity index (χ4n) is 6.72. The Hall–Kier alpha value is -1.95. The molecule has 53 heavy (non-hydrogen) atoms. The first kappa shape index (κ1) is 47.2. The van der Waals surface area contributed by atoms with Crippen LogP contribution in [0.15, 0.2) is 18.2 Å². The molecule has 1 aromatic carbocycles. The second-order valence-corrected chi connectivity index (χ2v) is 15.0. The van der Waals surface area contributed by atoms with E-state index in [1.54, 1.807) is 0 Å². The molecule has 0 spiro atoms. The van der Waals surface area contributed by atoms with Crippen molar-refractivity contribution in [1.29, 1.82) is 0 Å². The molecular formula is C43H77NO9. The third-order valence-corrected chi connectivity index (χ3v) is 10.2. The third-order valence-electron chi connectivity index (χ3n) is 10.2. The summed E-state index contributed by atoms with van der Waals surface area (Å²) in [5.74, 6) is 1.20. The molecule has 0 radical (unpaired) electrons. The second kappa shape index (κ2) is 31.3. The van der Waals surface area contributed by atoms with Crippen molar-refractivity contribution in [1.82, 2.24) is 5.32 Å². The number of unbranched alkanes of at least 4 members (excludes halogenated alkanes) is 21. The van der Waals surface area contributed by atoms with Gasteiger partial charge in [-0.25, -0.2) is 0 Å². The lowest BCUT2D eigenvalue weighted by molar-refractivity contribution is -0.301. The Balaban J connectivity index is 1.72. The highest BCUT2D eigenvalue weighted by Gasteiger charge is 2.43. The Kier molecular flexibility index (Phi) is 27.9.